The van der Waals surface area contributed by atoms with E-state index in [4.69, 9.17) is 4.74 Å². The molecule has 3 aromatic carbocycles. The van der Waals surface area contributed by atoms with Gasteiger partial charge < -0.3 is 10.1 Å². The molecule has 0 spiro atoms. The van der Waals surface area contributed by atoms with Crippen molar-refractivity contribution in [2.75, 3.05) is 5.32 Å². The highest BCUT2D eigenvalue weighted by molar-refractivity contribution is 6.04. The Morgan fingerprint density at radius 3 is 2.34 bits per heavy atom. The number of carbonyl (C=O) groups excluding carboxylic acids is 1. The summed E-state index contributed by atoms with van der Waals surface area (Å²) in [5, 5.41) is 7.23. The lowest BCUT2D eigenvalue weighted by atomic mass is 10.1. The van der Waals surface area contributed by atoms with Gasteiger partial charge in [-0.15, -0.1) is 5.10 Å². The van der Waals surface area contributed by atoms with Gasteiger partial charge in [-0.05, 0) is 57.2 Å². The van der Waals surface area contributed by atoms with Crippen molar-refractivity contribution in [3.8, 4) is 23.1 Å². The number of nitrogens with zero attached hydrogens (tertiary/aromatic N) is 3. The van der Waals surface area contributed by atoms with Gasteiger partial charge in [0, 0.05) is 11.3 Å². The molecule has 6 nitrogen and oxygen atoms in total. The maximum atomic E-state index is 13.9. The summed E-state index contributed by atoms with van der Waals surface area (Å²) in [6.07, 6.45) is -0.0623. The number of aromatic nitrogens is 3. The lowest BCUT2D eigenvalue weighted by Crippen LogP contribution is -2.13. The second-order valence-electron chi connectivity index (χ2n) is 7.64. The quantitative estimate of drug-likeness (QED) is 0.443. The van der Waals surface area contributed by atoms with E-state index in [1.165, 1.54) is 12.1 Å². The molecule has 32 heavy (non-hydrogen) atoms. The number of rotatable bonds is 6. The maximum Gasteiger partial charge on any atom is 0.336 e. The first-order valence-corrected chi connectivity index (χ1v) is 10.3. The van der Waals surface area contributed by atoms with Crippen molar-refractivity contribution >= 4 is 11.6 Å². The van der Waals surface area contributed by atoms with Crippen LogP contribution in [0.25, 0.3) is 17.1 Å². The molecule has 0 aliphatic heterocycles. The van der Waals surface area contributed by atoms with E-state index in [0.717, 1.165) is 16.8 Å². The van der Waals surface area contributed by atoms with Crippen molar-refractivity contribution in [3.05, 3.63) is 89.7 Å². The number of aryl methyl sites for hydroxylation is 1. The van der Waals surface area contributed by atoms with E-state index in [1.807, 2.05) is 57.2 Å². The van der Waals surface area contributed by atoms with E-state index in [1.54, 1.807) is 28.9 Å². The first-order chi connectivity index (χ1) is 15.4. The molecule has 0 atom stereocenters. The Hall–Kier alpha value is -4.00. The van der Waals surface area contributed by atoms with E-state index in [-0.39, 0.29) is 17.7 Å². The topological polar surface area (TPSA) is 69.0 Å². The van der Waals surface area contributed by atoms with Gasteiger partial charge in [-0.3, -0.25) is 4.79 Å². The van der Waals surface area contributed by atoms with Crippen molar-refractivity contribution in [2.45, 2.75) is 26.9 Å². The van der Waals surface area contributed by atoms with Crippen LogP contribution in [0.1, 0.15) is 29.8 Å². The standard InChI is InChI=1S/C25H23FN4O2/c1-16(2)32-25-28-23(18-10-8-17(3)9-11-18)30(29-25)20-14-12-19(13-15-20)27-24(31)21-6-4-5-7-22(21)26/h4-16H,1-3H3,(H,27,31). The average Bonchev–Trinajstić information content (AvgIpc) is 3.18. The summed E-state index contributed by atoms with van der Waals surface area (Å²) < 4.78 is 21.3. The number of halogens is 1. The minimum atomic E-state index is -0.565. The lowest BCUT2D eigenvalue weighted by molar-refractivity contribution is 0.102. The number of benzene rings is 3. The molecule has 1 amide bonds. The molecule has 162 valence electrons. The van der Waals surface area contributed by atoms with Gasteiger partial charge in [-0.25, -0.2) is 9.07 Å². The Kier molecular flexibility index (Phi) is 5.98. The van der Waals surface area contributed by atoms with Crippen LogP contribution in [0, 0.1) is 12.7 Å². The van der Waals surface area contributed by atoms with E-state index in [9.17, 15) is 9.18 Å². The van der Waals surface area contributed by atoms with Crippen LogP contribution in [0.15, 0.2) is 72.8 Å². The molecule has 4 rings (SSSR count). The Balaban J connectivity index is 1.63. The van der Waals surface area contributed by atoms with Crippen LogP contribution in [0.4, 0.5) is 10.1 Å². The fraction of sp³-hybridized carbons (Fsp3) is 0.160. The molecule has 0 saturated carbocycles. The number of hydrogen-bond acceptors (Lipinski definition) is 4. The number of anilines is 1. The van der Waals surface area contributed by atoms with Crippen LogP contribution in [0.5, 0.6) is 6.01 Å². The van der Waals surface area contributed by atoms with Gasteiger partial charge in [-0.1, -0.05) is 42.0 Å². The zero-order chi connectivity index (χ0) is 22.7. The summed E-state index contributed by atoms with van der Waals surface area (Å²) in [6, 6.07) is 21.2. The zero-order valence-corrected chi connectivity index (χ0v) is 18.0. The van der Waals surface area contributed by atoms with Crippen molar-refractivity contribution < 1.29 is 13.9 Å². The van der Waals surface area contributed by atoms with Gasteiger partial charge in [0.05, 0.1) is 17.4 Å². The van der Waals surface area contributed by atoms with Gasteiger partial charge >= 0.3 is 6.01 Å². The first-order valence-electron chi connectivity index (χ1n) is 10.3. The van der Waals surface area contributed by atoms with Crippen molar-refractivity contribution in [1.82, 2.24) is 14.8 Å². The number of nitrogens with one attached hydrogen (secondary N) is 1. The van der Waals surface area contributed by atoms with Crippen LogP contribution >= 0.6 is 0 Å². The van der Waals surface area contributed by atoms with Crippen LogP contribution in [0.2, 0.25) is 0 Å². The highest BCUT2D eigenvalue weighted by Crippen LogP contribution is 2.25. The Labute approximate surface area is 185 Å². The maximum absolute atomic E-state index is 13.9. The summed E-state index contributed by atoms with van der Waals surface area (Å²) >= 11 is 0. The minimum absolute atomic E-state index is 0.00927. The second-order valence-corrected chi connectivity index (χ2v) is 7.64. The third-order valence-corrected chi connectivity index (χ3v) is 4.73. The molecule has 0 aliphatic rings. The Bertz CT molecular complexity index is 1230. The molecular weight excluding hydrogens is 407 g/mol. The predicted octanol–water partition coefficient (Wildman–Crippen LogP) is 5.42. The Morgan fingerprint density at radius 2 is 1.69 bits per heavy atom. The molecule has 0 unspecified atom stereocenters. The molecular formula is C25H23FN4O2. The fourth-order valence-electron chi connectivity index (χ4n) is 3.15. The van der Waals surface area contributed by atoms with Crippen LogP contribution < -0.4 is 10.1 Å². The molecule has 0 aliphatic carbocycles. The van der Waals surface area contributed by atoms with Gasteiger partial charge in [0.25, 0.3) is 5.91 Å². The molecule has 1 heterocycles. The number of carbonyl (C=O) groups is 1. The summed E-state index contributed by atoms with van der Waals surface area (Å²) in [6.45, 7) is 5.86. The second kappa shape index (κ2) is 9.01. The summed E-state index contributed by atoms with van der Waals surface area (Å²) in [7, 11) is 0. The molecule has 0 fully saturated rings. The van der Waals surface area contributed by atoms with Crippen molar-refractivity contribution in [1.29, 1.82) is 0 Å². The lowest BCUT2D eigenvalue weighted by Gasteiger charge is -2.09. The highest BCUT2D eigenvalue weighted by Gasteiger charge is 2.16. The monoisotopic (exact) mass is 430 g/mol. The normalized spacial score (nSPS) is 10.9. The third kappa shape index (κ3) is 4.67. The first kappa shape index (κ1) is 21.2. The predicted molar refractivity (Wildman–Crippen MR) is 122 cm³/mol. The summed E-state index contributed by atoms with van der Waals surface area (Å²) in [5.74, 6) is -0.432. The zero-order valence-electron chi connectivity index (χ0n) is 18.0. The van der Waals surface area contributed by atoms with Gasteiger partial charge in [0.15, 0.2) is 5.82 Å². The molecule has 7 heteroatoms. The number of amides is 1. The Morgan fingerprint density at radius 1 is 1.00 bits per heavy atom. The summed E-state index contributed by atoms with van der Waals surface area (Å²) in [5.41, 5.74) is 3.32. The highest BCUT2D eigenvalue weighted by atomic mass is 19.1. The van der Waals surface area contributed by atoms with Crippen LogP contribution in [-0.4, -0.2) is 26.8 Å². The molecule has 0 radical (unpaired) electrons. The van der Waals surface area contributed by atoms with Gasteiger partial charge in [0.2, 0.25) is 0 Å². The van der Waals surface area contributed by atoms with Crippen LogP contribution in [-0.2, 0) is 0 Å². The van der Waals surface area contributed by atoms with E-state index < -0.39 is 11.7 Å². The molecule has 4 aromatic rings. The van der Waals surface area contributed by atoms with Crippen molar-refractivity contribution in [2.24, 2.45) is 0 Å². The SMILES string of the molecule is Cc1ccc(-c2nc(OC(C)C)nn2-c2ccc(NC(=O)c3ccccc3F)cc2)cc1. The van der Waals surface area contributed by atoms with E-state index in [2.05, 4.69) is 15.4 Å². The van der Waals surface area contributed by atoms with Crippen molar-refractivity contribution in [3.63, 3.8) is 0 Å². The van der Waals surface area contributed by atoms with E-state index >= 15 is 0 Å². The average molecular weight is 430 g/mol. The van der Waals surface area contributed by atoms with Gasteiger partial charge in [0.1, 0.15) is 5.82 Å². The van der Waals surface area contributed by atoms with Gasteiger partial charge in [-0.2, -0.15) is 4.98 Å². The molecule has 1 N–H and O–H groups in total. The number of hydrogen-bond donors (Lipinski definition) is 1. The van der Waals surface area contributed by atoms with Crippen LogP contribution in [0.3, 0.4) is 0 Å². The molecule has 0 saturated heterocycles. The fourth-order valence-corrected chi connectivity index (χ4v) is 3.15. The largest absolute Gasteiger partial charge is 0.460 e. The molecule has 1 aromatic heterocycles. The number of ether oxygens (including phenoxy) is 1. The smallest absolute Gasteiger partial charge is 0.336 e. The van der Waals surface area contributed by atoms with E-state index in [0.29, 0.717) is 11.5 Å². The summed E-state index contributed by atoms with van der Waals surface area (Å²) in [4.78, 5) is 16.9. The molecule has 0 bridgehead atoms. The third-order valence-electron chi connectivity index (χ3n) is 4.73. The minimum Gasteiger partial charge on any atom is -0.460 e.